The molecule has 1 aromatic carbocycles. The molecule has 3 heterocycles. The Morgan fingerprint density at radius 1 is 0.957 bits per heavy atom. The summed E-state index contributed by atoms with van der Waals surface area (Å²) >= 11 is 0. The molecule has 0 spiro atoms. The molecule has 1 aromatic rings. The van der Waals surface area contributed by atoms with Crippen molar-refractivity contribution in [2.45, 2.75) is 31.3 Å². The molecule has 0 N–H and O–H groups in total. The molecule has 4 amide bonds. The Balaban J connectivity index is 1.60. The number of benzene rings is 1. The summed E-state index contributed by atoms with van der Waals surface area (Å²) in [5.41, 5.74) is 0.194. The molecule has 120 valence electrons. The molecule has 2 atom stereocenters. The largest absolute Gasteiger partial charge is 0.328 e. The number of imide groups is 1. The standard InChI is InChI=1S/C16H16FN3O3/c17-10-4-1-2-5-11(10)18-9-7-13(14(18)21)20-15(22)12-6-3-8-19(12)16(20)23/h1-2,4-5,12-13H,3,6-9H2/t12-,13-/m1/s1. The molecule has 0 bridgehead atoms. The molecule has 3 aliphatic heterocycles. The van der Waals surface area contributed by atoms with E-state index in [4.69, 9.17) is 0 Å². The number of nitrogens with zero attached hydrogens (tertiary/aromatic N) is 3. The second kappa shape index (κ2) is 5.04. The molecule has 3 fully saturated rings. The molecule has 0 saturated carbocycles. The maximum Gasteiger partial charge on any atom is 0.328 e. The van der Waals surface area contributed by atoms with E-state index < -0.39 is 23.8 Å². The second-order valence-corrected chi connectivity index (χ2v) is 6.09. The molecule has 23 heavy (non-hydrogen) atoms. The number of halogens is 1. The predicted octanol–water partition coefficient (Wildman–Crippen LogP) is 1.36. The van der Waals surface area contributed by atoms with Crippen LogP contribution in [-0.4, -0.2) is 52.8 Å². The van der Waals surface area contributed by atoms with Crippen molar-refractivity contribution in [1.82, 2.24) is 9.80 Å². The van der Waals surface area contributed by atoms with Gasteiger partial charge >= 0.3 is 6.03 Å². The van der Waals surface area contributed by atoms with Crippen molar-refractivity contribution < 1.29 is 18.8 Å². The Morgan fingerprint density at radius 2 is 1.74 bits per heavy atom. The molecule has 6 nitrogen and oxygen atoms in total. The highest BCUT2D eigenvalue weighted by molar-refractivity contribution is 6.10. The number of anilines is 1. The number of urea groups is 1. The van der Waals surface area contributed by atoms with Crippen molar-refractivity contribution in [3.05, 3.63) is 30.1 Å². The minimum absolute atomic E-state index is 0.194. The Bertz CT molecular complexity index is 686. The van der Waals surface area contributed by atoms with E-state index in [1.165, 1.54) is 17.0 Å². The number of para-hydroxylation sites is 1. The maximum atomic E-state index is 13.9. The van der Waals surface area contributed by atoms with Gasteiger partial charge in [-0.15, -0.1) is 0 Å². The van der Waals surface area contributed by atoms with Crippen molar-refractivity contribution in [3.63, 3.8) is 0 Å². The minimum atomic E-state index is -0.819. The third-order valence-electron chi connectivity index (χ3n) is 4.86. The number of fused-ring (bicyclic) bond motifs is 1. The summed E-state index contributed by atoms with van der Waals surface area (Å²) in [6, 6.07) is 4.41. The van der Waals surface area contributed by atoms with Crippen LogP contribution >= 0.6 is 0 Å². The van der Waals surface area contributed by atoms with E-state index in [9.17, 15) is 18.8 Å². The normalized spacial score (nSPS) is 27.3. The Labute approximate surface area is 132 Å². The lowest BCUT2D eigenvalue weighted by molar-refractivity contribution is -0.133. The minimum Gasteiger partial charge on any atom is -0.312 e. The van der Waals surface area contributed by atoms with Gasteiger partial charge < -0.3 is 9.80 Å². The van der Waals surface area contributed by atoms with E-state index in [0.717, 1.165) is 11.3 Å². The molecule has 0 radical (unpaired) electrons. The number of carbonyl (C=O) groups is 3. The van der Waals surface area contributed by atoms with Crippen LogP contribution in [0.5, 0.6) is 0 Å². The topological polar surface area (TPSA) is 60.9 Å². The smallest absolute Gasteiger partial charge is 0.312 e. The Kier molecular flexibility index (Phi) is 3.11. The predicted molar refractivity (Wildman–Crippen MR) is 79.1 cm³/mol. The van der Waals surface area contributed by atoms with Crippen molar-refractivity contribution in [1.29, 1.82) is 0 Å². The molecule has 0 aliphatic carbocycles. The summed E-state index contributed by atoms with van der Waals surface area (Å²) in [4.78, 5) is 41.5. The first-order valence-corrected chi connectivity index (χ1v) is 7.79. The molecule has 4 rings (SSSR count). The summed E-state index contributed by atoms with van der Waals surface area (Å²) in [6.07, 6.45) is 1.81. The van der Waals surface area contributed by atoms with Gasteiger partial charge in [0.2, 0.25) is 0 Å². The Hall–Kier alpha value is -2.44. The molecule has 0 aromatic heterocycles. The van der Waals surface area contributed by atoms with Crippen LogP contribution in [0.2, 0.25) is 0 Å². The van der Waals surface area contributed by atoms with Crippen LogP contribution in [0.1, 0.15) is 19.3 Å². The highest BCUT2D eigenvalue weighted by atomic mass is 19.1. The second-order valence-electron chi connectivity index (χ2n) is 6.09. The zero-order valence-corrected chi connectivity index (χ0v) is 12.4. The lowest BCUT2D eigenvalue weighted by atomic mass is 10.1. The number of hydrogen-bond donors (Lipinski definition) is 0. The van der Waals surface area contributed by atoms with Crippen LogP contribution < -0.4 is 4.90 Å². The maximum absolute atomic E-state index is 13.9. The summed E-state index contributed by atoms with van der Waals surface area (Å²) in [5.74, 6) is -1.17. The van der Waals surface area contributed by atoms with Crippen LogP contribution in [0.4, 0.5) is 14.9 Å². The third kappa shape index (κ3) is 1.95. The lowest BCUT2D eigenvalue weighted by Crippen LogP contribution is -2.46. The lowest BCUT2D eigenvalue weighted by Gasteiger charge is -2.22. The number of rotatable bonds is 2. The SMILES string of the molecule is O=C1[C@H](N2C(=O)[C@H]3CCCN3C2=O)CCN1c1ccccc1F. The average Bonchev–Trinajstić information content (AvgIpc) is 3.20. The van der Waals surface area contributed by atoms with Gasteiger partial charge in [-0.2, -0.15) is 0 Å². The highest BCUT2D eigenvalue weighted by Gasteiger charge is 2.53. The van der Waals surface area contributed by atoms with Gasteiger partial charge in [0.15, 0.2) is 0 Å². The summed E-state index contributed by atoms with van der Waals surface area (Å²) < 4.78 is 13.9. The van der Waals surface area contributed by atoms with Crippen molar-refractivity contribution in [2.24, 2.45) is 0 Å². The first kappa shape index (κ1) is 14.2. The van der Waals surface area contributed by atoms with Gasteiger partial charge in [-0.25, -0.2) is 14.1 Å². The van der Waals surface area contributed by atoms with E-state index in [1.807, 2.05) is 0 Å². The van der Waals surface area contributed by atoms with Crippen LogP contribution in [0.3, 0.4) is 0 Å². The molecule has 3 aliphatic rings. The first-order chi connectivity index (χ1) is 11.1. The van der Waals surface area contributed by atoms with E-state index in [0.29, 0.717) is 25.9 Å². The van der Waals surface area contributed by atoms with E-state index in [1.54, 1.807) is 17.0 Å². The van der Waals surface area contributed by atoms with Crippen LogP contribution in [0.15, 0.2) is 24.3 Å². The summed E-state index contributed by atoms with van der Waals surface area (Å²) in [5, 5.41) is 0. The van der Waals surface area contributed by atoms with Crippen molar-refractivity contribution in [3.8, 4) is 0 Å². The quantitative estimate of drug-likeness (QED) is 0.774. The molecule has 7 heteroatoms. The zero-order chi connectivity index (χ0) is 16.1. The van der Waals surface area contributed by atoms with Gasteiger partial charge in [0.05, 0.1) is 5.69 Å². The van der Waals surface area contributed by atoms with Crippen LogP contribution in [-0.2, 0) is 9.59 Å². The fraction of sp³-hybridized carbons (Fsp3) is 0.438. The molecule has 3 saturated heterocycles. The number of amides is 4. The summed E-state index contributed by atoms with van der Waals surface area (Å²) in [7, 11) is 0. The monoisotopic (exact) mass is 317 g/mol. The molecule has 0 unspecified atom stereocenters. The number of hydrogen-bond acceptors (Lipinski definition) is 3. The van der Waals surface area contributed by atoms with Crippen molar-refractivity contribution in [2.75, 3.05) is 18.0 Å². The van der Waals surface area contributed by atoms with Gasteiger partial charge in [-0.05, 0) is 31.4 Å². The van der Waals surface area contributed by atoms with Crippen LogP contribution in [0, 0.1) is 5.82 Å². The highest BCUT2D eigenvalue weighted by Crippen LogP contribution is 2.33. The van der Waals surface area contributed by atoms with Gasteiger partial charge in [0.1, 0.15) is 17.9 Å². The van der Waals surface area contributed by atoms with E-state index in [-0.39, 0.29) is 17.6 Å². The van der Waals surface area contributed by atoms with Gasteiger partial charge in [0.25, 0.3) is 11.8 Å². The number of carbonyl (C=O) groups excluding carboxylic acids is 3. The zero-order valence-electron chi connectivity index (χ0n) is 12.4. The van der Waals surface area contributed by atoms with E-state index >= 15 is 0 Å². The van der Waals surface area contributed by atoms with Crippen LogP contribution in [0.25, 0.3) is 0 Å². The Morgan fingerprint density at radius 3 is 2.48 bits per heavy atom. The van der Waals surface area contributed by atoms with Gasteiger partial charge in [-0.1, -0.05) is 12.1 Å². The van der Waals surface area contributed by atoms with Gasteiger partial charge in [-0.3, -0.25) is 9.59 Å². The molecular weight excluding hydrogens is 301 g/mol. The third-order valence-corrected chi connectivity index (χ3v) is 4.86. The first-order valence-electron chi connectivity index (χ1n) is 7.79. The fourth-order valence-corrected chi connectivity index (χ4v) is 3.75. The molecular formula is C16H16FN3O3. The average molecular weight is 317 g/mol. The van der Waals surface area contributed by atoms with Gasteiger partial charge in [0, 0.05) is 13.1 Å². The van der Waals surface area contributed by atoms with Crippen molar-refractivity contribution >= 4 is 23.5 Å². The van der Waals surface area contributed by atoms with E-state index in [2.05, 4.69) is 0 Å². The fourth-order valence-electron chi connectivity index (χ4n) is 3.75. The summed E-state index contributed by atoms with van der Waals surface area (Å²) in [6.45, 7) is 0.857.